The zero-order chi connectivity index (χ0) is 11.8. The minimum absolute atomic E-state index is 0.429. The average Bonchev–Trinajstić information content (AvgIpc) is 2.31. The lowest BCUT2D eigenvalue weighted by Crippen LogP contribution is -2.02. The molecule has 1 heteroatoms. The van der Waals surface area contributed by atoms with E-state index in [-0.39, 0.29) is 0 Å². The van der Waals surface area contributed by atoms with Gasteiger partial charge in [-0.05, 0) is 30.7 Å². The summed E-state index contributed by atoms with van der Waals surface area (Å²) in [6, 6.07) is 10.5. The van der Waals surface area contributed by atoms with E-state index in [0.29, 0.717) is 10.7 Å². The fourth-order valence-electron chi connectivity index (χ4n) is 1.85. The summed E-state index contributed by atoms with van der Waals surface area (Å²) in [5.74, 6) is 0.639. The summed E-state index contributed by atoms with van der Waals surface area (Å²) in [4.78, 5) is 0.429. The van der Waals surface area contributed by atoms with Crippen LogP contribution in [0.25, 0.3) is 0 Å². The number of halogens is 1. The van der Waals surface area contributed by atoms with Crippen LogP contribution in [0.2, 0.25) is 0 Å². The molecule has 0 nitrogen and oxygen atoms in total. The van der Waals surface area contributed by atoms with E-state index in [4.69, 9.17) is 0 Å². The molecule has 0 aromatic heterocycles. The number of hydrogen-bond donors (Lipinski definition) is 0. The molecule has 0 fully saturated rings. The molecular formula is C15H19Br. The van der Waals surface area contributed by atoms with Crippen LogP contribution >= 0.6 is 15.9 Å². The lowest BCUT2D eigenvalue weighted by atomic mass is 9.93. The summed E-state index contributed by atoms with van der Waals surface area (Å²) in [6.07, 6.45) is 7.24. The number of hydrogen-bond acceptors (Lipinski definition) is 0. The first-order chi connectivity index (χ1) is 7.77. The van der Waals surface area contributed by atoms with E-state index in [2.05, 4.69) is 53.4 Å². The predicted molar refractivity (Wildman–Crippen MR) is 75.8 cm³/mol. The van der Waals surface area contributed by atoms with Crippen molar-refractivity contribution in [2.45, 2.75) is 24.1 Å². The molecule has 0 aliphatic carbocycles. The third-order valence-corrected chi connectivity index (χ3v) is 3.60. The van der Waals surface area contributed by atoms with Gasteiger partial charge in [-0.1, -0.05) is 58.4 Å². The molecule has 1 unspecified atom stereocenters. The molecule has 0 aliphatic heterocycles. The summed E-state index contributed by atoms with van der Waals surface area (Å²) < 4.78 is 0. The summed E-state index contributed by atoms with van der Waals surface area (Å²) in [7, 11) is 0. The van der Waals surface area contributed by atoms with Crippen LogP contribution in [0.15, 0.2) is 55.6 Å². The van der Waals surface area contributed by atoms with Crippen LogP contribution in [-0.4, -0.2) is 0 Å². The molecule has 0 saturated heterocycles. The molecule has 1 atom stereocenters. The van der Waals surface area contributed by atoms with Gasteiger partial charge < -0.3 is 0 Å². The van der Waals surface area contributed by atoms with Gasteiger partial charge >= 0.3 is 0 Å². The van der Waals surface area contributed by atoms with Crippen LogP contribution in [0, 0.1) is 5.92 Å². The van der Waals surface area contributed by atoms with E-state index in [1.54, 1.807) is 0 Å². The molecule has 0 amide bonds. The number of rotatable bonds is 7. The topological polar surface area (TPSA) is 0 Å². The summed E-state index contributed by atoms with van der Waals surface area (Å²) in [5, 5.41) is 0. The first-order valence-corrected chi connectivity index (χ1v) is 6.60. The molecule has 1 rings (SSSR count). The van der Waals surface area contributed by atoms with E-state index >= 15 is 0 Å². The molecular weight excluding hydrogens is 260 g/mol. The Morgan fingerprint density at radius 1 is 1.06 bits per heavy atom. The van der Waals surface area contributed by atoms with E-state index in [0.717, 1.165) is 19.3 Å². The van der Waals surface area contributed by atoms with Gasteiger partial charge in [-0.3, -0.25) is 0 Å². The first kappa shape index (κ1) is 13.2. The second-order valence-electron chi connectivity index (χ2n) is 4.03. The van der Waals surface area contributed by atoms with E-state index in [9.17, 15) is 0 Å². The molecule has 0 spiro atoms. The molecule has 0 aliphatic rings. The highest BCUT2D eigenvalue weighted by atomic mass is 79.9. The molecule has 16 heavy (non-hydrogen) atoms. The van der Waals surface area contributed by atoms with E-state index in [1.165, 1.54) is 5.56 Å². The normalized spacial score (nSPS) is 12.4. The Hall–Kier alpha value is -0.820. The molecule has 0 N–H and O–H groups in total. The quantitative estimate of drug-likeness (QED) is 0.470. The smallest absolute Gasteiger partial charge is 0.0398 e. The highest BCUT2D eigenvalue weighted by Gasteiger charge is 2.13. The first-order valence-electron chi connectivity index (χ1n) is 5.68. The van der Waals surface area contributed by atoms with Crippen LogP contribution in [0.4, 0.5) is 0 Å². The molecule has 1 aromatic carbocycles. The van der Waals surface area contributed by atoms with Gasteiger partial charge in [0.05, 0.1) is 0 Å². The van der Waals surface area contributed by atoms with E-state index in [1.807, 2.05) is 18.2 Å². The van der Waals surface area contributed by atoms with Crippen LogP contribution in [0.5, 0.6) is 0 Å². The minimum Gasteiger partial charge on any atom is -0.103 e. The fourth-order valence-corrected chi connectivity index (χ4v) is 2.68. The van der Waals surface area contributed by atoms with Gasteiger partial charge in [-0.15, -0.1) is 13.2 Å². The van der Waals surface area contributed by atoms with Crippen molar-refractivity contribution in [2.75, 3.05) is 0 Å². The van der Waals surface area contributed by atoms with Crippen molar-refractivity contribution in [3.05, 3.63) is 61.2 Å². The van der Waals surface area contributed by atoms with Crippen LogP contribution in [0.1, 0.15) is 29.7 Å². The number of benzene rings is 1. The van der Waals surface area contributed by atoms with Crippen molar-refractivity contribution in [1.29, 1.82) is 0 Å². The van der Waals surface area contributed by atoms with E-state index < -0.39 is 0 Å². The van der Waals surface area contributed by atoms with Crippen LogP contribution in [-0.2, 0) is 0 Å². The summed E-state index contributed by atoms with van der Waals surface area (Å²) in [6.45, 7) is 7.63. The third kappa shape index (κ3) is 4.36. The number of alkyl halides is 1. The monoisotopic (exact) mass is 278 g/mol. The predicted octanol–water partition coefficient (Wildman–Crippen LogP) is 5.28. The highest BCUT2D eigenvalue weighted by Crippen LogP contribution is 2.32. The zero-order valence-corrected chi connectivity index (χ0v) is 11.2. The van der Waals surface area contributed by atoms with Gasteiger partial charge in [0, 0.05) is 4.83 Å². The van der Waals surface area contributed by atoms with Crippen molar-refractivity contribution in [2.24, 2.45) is 5.92 Å². The van der Waals surface area contributed by atoms with Crippen LogP contribution < -0.4 is 0 Å². The Balaban J connectivity index is 2.57. The van der Waals surface area contributed by atoms with Crippen molar-refractivity contribution in [1.82, 2.24) is 0 Å². The lowest BCUT2D eigenvalue weighted by Gasteiger charge is -2.17. The molecule has 0 heterocycles. The van der Waals surface area contributed by atoms with Gasteiger partial charge in [0.1, 0.15) is 0 Å². The van der Waals surface area contributed by atoms with Gasteiger partial charge in [0.2, 0.25) is 0 Å². The molecule has 1 aromatic rings. The Morgan fingerprint density at radius 2 is 1.62 bits per heavy atom. The maximum atomic E-state index is 3.81. The average molecular weight is 279 g/mol. The van der Waals surface area contributed by atoms with Gasteiger partial charge in [-0.2, -0.15) is 0 Å². The second-order valence-corrected chi connectivity index (χ2v) is 5.13. The largest absolute Gasteiger partial charge is 0.103 e. The molecule has 0 saturated carbocycles. The Kier molecular flexibility index (Phi) is 6.17. The minimum atomic E-state index is 0.429. The SMILES string of the molecule is C=CCC(CC=C)CC(Br)c1ccccc1. The van der Waals surface area contributed by atoms with Crippen LogP contribution in [0.3, 0.4) is 0 Å². The van der Waals surface area contributed by atoms with Crippen molar-refractivity contribution < 1.29 is 0 Å². The zero-order valence-electron chi connectivity index (χ0n) is 9.61. The molecule has 0 bridgehead atoms. The summed E-state index contributed by atoms with van der Waals surface area (Å²) >= 11 is 3.76. The molecule has 86 valence electrons. The van der Waals surface area contributed by atoms with Gasteiger partial charge in [-0.25, -0.2) is 0 Å². The van der Waals surface area contributed by atoms with Gasteiger partial charge in [0.15, 0.2) is 0 Å². The highest BCUT2D eigenvalue weighted by molar-refractivity contribution is 9.09. The Bertz CT molecular complexity index is 305. The number of allylic oxidation sites excluding steroid dienone is 2. The van der Waals surface area contributed by atoms with Crippen molar-refractivity contribution in [3.63, 3.8) is 0 Å². The second kappa shape index (κ2) is 7.45. The van der Waals surface area contributed by atoms with Crippen molar-refractivity contribution >= 4 is 15.9 Å². The molecule has 0 radical (unpaired) electrons. The lowest BCUT2D eigenvalue weighted by molar-refractivity contribution is 0.497. The van der Waals surface area contributed by atoms with Gasteiger partial charge in [0.25, 0.3) is 0 Å². The Morgan fingerprint density at radius 3 is 2.12 bits per heavy atom. The van der Waals surface area contributed by atoms with Crippen molar-refractivity contribution in [3.8, 4) is 0 Å². The maximum Gasteiger partial charge on any atom is 0.0398 e. The summed E-state index contributed by atoms with van der Waals surface area (Å²) in [5.41, 5.74) is 1.35. The standard InChI is InChI=1S/C15H19Br/c1-3-8-13(9-4-2)12-15(16)14-10-6-5-7-11-14/h3-7,10-11,13,15H,1-2,8-9,12H2. The Labute approximate surface area is 107 Å². The fraction of sp³-hybridized carbons (Fsp3) is 0.333. The maximum absolute atomic E-state index is 3.81. The third-order valence-electron chi connectivity index (χ3n) is 2.70.